The molecule has 1 heterocycles. The van der Waals surface area contributed by atoms with Crippen LogP contribution in [0.3, 0.4) is 0 Å². The van der Waals surface area contributed by atoms with Crippen molar-refractivity contribution in [3.05, 3.63) is 12.4 Å². The number of aromatic nitrogens is 2. The Morgan fingerprint density at radius 1 is 1.32 bits per heavy atom. The van der Waals surface area contributed by atoms with Gasteiger partial charge in [0.15, 0.2) is 0 Å². The second-order valence-electron chi connectivity index (χ2n) is 5.32. The highest BCUT2D eigenvalue weighted by Gasteiger charge is 2.14. The van der Waals surface area contributed by atoms with Gasteiger partial charge in [-0.3, -0.25) is 0 Å². The van der Waals surface area contributed by atoms with E-state index in [1.165, 1.54) is 25.7 Å². The molecule has 2 N–H and O–H groups in total. The zero-order valence-corrected chi connectivity index (χ0v) is 12.0. The molecule has 0 unspecified atom stereocenters. The van der Waals surface area contributed by atoms with Gasteiger partial charge in [0.1, 0.15) is 18.0 Å². The molecule has 0 amide bonds. The average Bonchev–Trinajstić information content (AvgIpc) is 2.96. The van der Waals surface area contributed by atoms with Crippen molar-refractivity contribution in [1.82, 2.24) is 15.3 Å². The fourth-order valence-corrected chi connectivity index (χ4v) is 2.51. The van der Waals surface area contributed by atoms with Gasteiger partial charge in [-0.1, -0.05) is 12.8 Å². The van der Waals surface area contributed by atoms with Crippen LogP contribution in [0.4, 0.5) is 11.6 Å². The molecule has 106 valence electrons. The smallest absolute Gasteiger partial charge is 0.133 e. The first-order valence-corrected chi connectivity index (χ1v) is 7.21. The number of likely N-dealkylation sites (N-methyl/N-ethyl adjacent to an activating group) is 2. The summed E-state index contributed by atoms with van der Waals surface area (Å²) < 4.78 is 0. The zero-order chi connectivity index (χ0) is 13.5. The molecule has 0 saturated heterocycles. The Labute approximate surface area is 115 Å². The van der Waals surface area contributed by atoms with E-state index >= 15 is 0 Å². The van der Waals surface area contributed by atoms with E-state index in [0.717, 1.165) is 37.2 Å². The molecule has 1 aromatic rings. The first kappa shape index (κ1) is 14.1. The summed E-state index contributed by atoms with van der Waals surface area (Å²) in [6.07, 6.45) is 7.12. The molecule has 0 spiro atoms. The van der Waals surface area contributed by atoms with Crippen molar-refractivity contribution in [2.45, 2.75) is 25.7 Å². The van der Waals surface area contributed by atoms with E-state index in [9.17, 15) is 0 Å². The SMILES string of the molecule is CNCCN(C)c1cc(NCC2CCCC2)ncn1. The summed E-state index contributed by atoms with van der Waals surface area (Å²) in [5.74, 6) is 2.73. The van der Waals surface area contributed by atoms with Gasteiger partial charge in [-0.25, -0.2) is 9.97 Å². The predicted molar refractivity (Wildman–Crippen MR) is 79.7 cm³/mol. The molecule has 19 heavy (non-hydrogen) atoms. The fourth-order valence-electron chi connectivity index (χ4n) is 2.51. The minimum atomic E-state index is 0.820. The number of hydrogen-bond acceptors (Lipinski definition) is 5. The monoisotopic (exact) mass is 263 g/mol. The van der Waals surface area contributed by atoms with Gasteiger partial charge >= 0.3 is 0 Å². The first-order valence-electron chi connectivity index (χ1n) is 7.21. The zero-order valence-electron chi connectivity index (χ0n) is 12.0. The van der Waals surface area contributed by atoms with Crippen LogP contribution in [0.2, 0.25) is 0 Å². The van der Waals surface area contributed by atoms with Crippen LogP contribution >= 0.6 is 0 Å². The molecule has 1 aromatic heterocycles. The van der Waals surface area contributed by atoms with E-state index in [1.54, 1.807) is 6.33 Å². The number of nitrogens with one attached hydrogen (secondary N) is 2. The minimum absolute atomic E-state index is 0.820. The topological polar surface area (TPSA) is 53.1 Å². The lowest BCUT2D eigenvalue weighted by molar-refractivity contribution is 0.579. The largest absolute Gasteiger partial charge is 0.370 e. The van der Waals surface area contributed by atoms with E-state index in [0.29, 0.717) is 0 Å². The highest BCUT2D eigenvalue weighted by Crippen LogP contribution is 2.24. The Kier molecular flexibility index (Phi) is 5.39. The second kappa shape index (κ2) is 7.28. The average molecular weight is 263 g/mol. The maximum absolute atomic E-state index is 4.32. The second-order valence-corrected chi connectivity index (χ2v) is 5.32. The van der Waals surface area contributed by atoms with Gasteiger partial charge in [0.05, 0.1) is 0 Å². The molecule has 5 nitrogen and oxygen atoms in total. The van der Waals surface area contributed by atoms with E-state index < -0.39 is 0 Å². The third kappa shape index (κ3) is 4.35. The Bertz CT molecular complexity index is 376. The Balaban J connectivity index is 1.86. The van der Waals surface area contributed by atoms with Crippen LogP contribution < -0.4 is 15.5 Å². The summed E-state index contributed by atoms with van der Waals surface area (Å²) in [4.78, 5) is 10.8. The normalized spacial score (nSPS) is 15.7. The van der Waals surface area contributed by atoms with Gasteiger partial charge < -0.3 is 15.5 Å². The van der Waals surface area contributed by atoms with Gasteiger partial charge in [0.25, 0.3) is 0 Å². The summed E-state index contributed by atoms with van der Waals surface area (Å²) >= 11 is 0. The minimum Gasteiger partial charge on any atom is -0.370 e. The van der Waals surface area contributed by atoms with Crippen molar-refractivity contribution in [3.8, 4) is 0 Å². The van der Waals surface area contributed by atoms with Crippen LogP contribution in [0, 0.1) is 5.92 Å². The molecular weight excluding hydrogens is 238 g/mol. The molecule has 0 aromatic carbocycles. The molecule has 5 heteroatoms. The Morgan fingerprint density at radius 3 is 2.84 bits per heavy atom. The lowest BCUT2D eigenvalue weighted by atomic mass is 10.1. The Hall–Kier alpha value is -1.36. The van der Waals surface area contributed by atoms with Crippen molar-refractivity contribution in [2.75, 3.05) is 43.9 Å². The lowest BCUT2D eigenvalue weighted by Gasteiger charge is -2.18. The van der Waals surface area contributed by atoms with E-state index in [-0.39, 0.29) is 0 Å². The standard InChI is InChI=1S/C14H25N5/c1-15-7-8-19(2)14-9-13(17-11-18-14)16-10-12-5-3-4-6-12/h9,11-12,15H,3-8,10H2,1-2H3,(H,16,17,18). The fraction of sp³-hybridized carbons (Fsp3) is 0.714. The molecule has 0 radical (unpaired) electrons. The first-order chi connectivity index (χ1) is 9.29. The molecular formula is C14H25N5. The van der Waals surface area contributed by atoms with Crippen LogP contribution in [0.1, 0.15) is 25.7 Å². The van der Waals surface area contributed by atoms with Gasteiger partial charge in [0.2, 0.25) is 0 Å². The number of rotatable bonds is 7. The summed E-state index contributed by atoms with van der Waals surface area (Å²) in [6, 6.07) is 2.03. The van der Waals surface area contributed by atoms with Crippen LogP contribution in [-0.2, 0) is 0 Å². The van der Waals surface area contributed by atoms with E-state index in [4.69, 9.17) is 0 Å². The Morgan fingerprint density at radius 2 is 2.11 bits per heavy atom. The van der Waals surface area contributed by atoms with Crippen molar-refractivity contribution >= 4 is 11.6 Å². The summed E-state index contributed by atoms with van der Waals surface area (Å²) in [6.45, 7) is 2.93. The van der Waals surface area contributed by atoms with Crippen LogP contribution in [-0.4, -0.2) is 43.7 Å². The molecule has 0 aliphatic heterocycles. The maximum Gasteiger partial charge on any atom is 0.133 e. The third-order valence-electron chi connectivity index (χ3n) is 3.79. The van der Waals surface area contributed by atoms with Crippen molar-refractivity contribution in [3.63, 3.8) is 0 Å². The van der Waals surface area contributed by atoms with Crippen molar-refractivity contribution < 1.29 is 0 Å². The van der Waals surface area contributed by atoms with Gasteiger partial charge in [-0.15, -0.1) is 0 Å². The highest BCUT2D eigenvalue weighted by atomic mass is 15.2. The van der Waals surface area contributed by atoms with Gasteiger partial charge in [-0.05, 0) is 25.8 Å². The maximum atomic E-state index is 4.32. The summed E-state index contributed by atoms with van der Waals surface area (Å²) in [7, 11) is 4.02. The molecule has 1 fully saturated rings. The molecule has 0 bridgehead atoms. The van der Waals surface area contributed by atoms with Gasteiger partial charge in [0, 0.05) is 32.7 Å². The number of nitrogens with zero attached hydrogens (tertiary/aromatic N) is 3. The predicted octanol–water partition coefficient (Wildman–Crippen LogP) is 1.73. The number of hydrogen-bond donors (Lipinski definition) is 2. The molecule has 1 saturated carbocycles. The van der Waals surface area contributed by atoms with Gasteiger partial charge in [-0.2, -0.15) is 0 Å². The third-order valence-corrected chi connectivity index (χ3v) is 3.79. The lowest BCUT2D eigenvalue weighted by Crippen LogP contribution is -2.27. The van der Waals surface area contributed by atoms with E-state index in [2.05, 4.69) is 32.5 Å². The van der Waals surface area contributed by atoms with Crippen molar-refractivity contribution in [2.24, 2.45) is 5.92 Å². The molecule has 0 atom stereocenters. The van der Waals surface area contributed by atoms with Crippen molar-refractivity contribution in [1.29, 1.82) is 0 Å². The molecule has 1 aliphatic rings. The molecule has 1 aliphatic carbocycles. The van der Waals surface area contributed by atoms with Crippen LogP contribution in [0.5, 0.6) is 0 Å². The van der Waals surface area contributed by atoms with Crippen LogP contribution in [0.25, 0.3) is 0 Å². The highest BCUT2D eigenvalue weighted by molar-refractivity contribution is 5.47. The quantitative estimate of drug-likeness (QED) is 0.785. The molecule has 2 rings (SSSR count). The summed E-state index contributed by atoms with van der Waals surface area (Å²) in [5.41, 5.74) is 0. The summed E-state index contributed by atoms with van der Waals surface area (Å²) in [5, 5.41) is 6.59. The van der Waals surface area contributed by atoms with Crippen LogP contribution in [0.15, 0.2) is 12.4 Å². The number of anilines is 2. The van der Waals surface area contributed by atoms with E-state index in [1.807, 2.05) is 13.1 Å².